The SMILES string of the molecule is c1ccc(B(Oc2cccs2)c2ccccc2)cc1. The molecule has 0 radical (unpaired) electrons. The van der Waals surface area contributed by atoms with Gasteiger partial charge in [-0.25, -0.2) is 0 Å². The molecule has 3 heteroatoms. The lowest BCUT2D eigenvalue weighted by molar-refractivity contribution is 0.609. The minimum atomic E-state index is -0.0546. The maximum absolute atomic E-state index is 6.15. The van der Waals surface area contributed by atoms with Crippen LogP contribution in [0, 0.1) is 0 Å². The zero-order chi connectivity index (χ0) is 12.9. The summed E-state index contributed by atoms with van der Waals surface area (Å²) in [6.45, 7) is -0.0546. The molecule has 19 heavy (non-hydrogen) atoms. The average molecular weight is 264 g/mol. The average Bonchev–Trinajstić information content (AvgIpc) is 3.00. The molecular weight excluding hydrogens is 251 g/mol. The molecule has 1 aromatic heterocycles. The number of thiophene rings is 1. The smallest absolute Gasteiger partial charge is 0.427 e. The molecule has 0 N–H and O–H groups in total. The summed E-state index contributed by atoms with van der Waals surface area (Å²) >= 11 is 1.62. The zero-order valence-corrected chi connectivity index (χ0v) is 11.2. The maximum atomic E-state index is 6.15. The Bertz CT molecular complexity index is 568. The molecule has 0 aliphatic rings. The van der Waals surface area contributed by atoms with Crippen LogP contribution in [0.15, 0.2) is 78.2 Å². The first-order valence-corrected chi connectivity index (χ1v) is 7.11. The van der Waals surface area contributed by atoms with E-state index in [1.165, 1.54) is 10.9 Å². The van der Waals surface area contributed by atoms with Gasteiger partial charge in [-0.15, -0.1) is 11.3 Å². The van der Waals surface area contributed by atoms with Crippen LogP contribution in [0.25, 0.3) is 0 Å². The molecule has 1 nitrogen and oxygen atoms in total. The third kappa shape index (κ3) is 2.88. The highest BCUT2D eigenvalue weighted by atomic mass is 32.1. The van der Waals surface area contributed by atoms with Gasteiger partial charge in [-0.05, 0) is 28.4 Å². The topological polar surface area (TPSA) is 9.23 Å². The quantitative estimate of drug-likeness (QED) is 0.658. The Morgan fingerprint density at radius 2 is 1.26 bits per heavy atom. The van der Waals surface area contributed by atoms with Crippen LogP contribution in [0.2, 0.25) is 0 Å². The van der Waals surface area contributed by atoms with Crippen LogP contribution in [-0.4, -0.2) is 6.92 Å². The Morgan fingerprint density at radius 3 is 1.74 bits per heavy atom. The van der Waals surface area contributed by atoms with Crippen LogP contribution in [0.1, 0.15) is 0 Å². The van der Waals surface area contributed by atoms with Gasteiger partial charge in [0.15, 0.2) is 5.06 Å². The second-order valence-corrected chi connectivity index (χ2v) is 5.16. The van der Waals surface area contributed by atoms with E-state index in [4.69, 9.17) is 4.65 Å². The standard InChI is InChI=1S/C16H13BOS/c1-3-8-14(9-4-1)17(15-10-5-2-6-11-15)18-16-12-7-13-19-16/h1-13H. The van der Waals surface area contributed by atoms with Crippen molar-refractivity contribution >= 4 is 29.2 Å². The molecule has 1 heterocycles. The van der Waals surface area contributed by atoms with E-state index in [2.05, 4.69) is 24.3 Å². The molecule has 0 saturated heterocycles. The summed E-state index contributed by atoms with van der Waals surface area (Å²) in [6, 6.07) is 24.6. The fraction of sp³-hybridized carbons (Fsp3) is 0. The fourth-order valence-corrected chi connectivity index (χ4v) is 2.63. The summed E-state index contributed by atoms with van der Waals surface area (Å²) in [5.41, 5.74) is 2.34. The Kier molecular flexibility index (Phi) is 3.66. The van der Waals surface area contributed by atoms with Crippen molar-refractivity contribution in [3.63, 3.8) is 0 Å². The minimum Gasteiger partial charge on any atom is -0.544 e. The van der Waals surface area contributed by atoms with Crippen LogP contribution in [0.5, 0.6) is 5.06 Å². The van der Waals surface area contributed by atoms with Gasteiger partial charge >= 0.3 is 6.92 Å². The molecule has 0 atom stereocenters. The summed E-state index contributed by atoms with van der Waals surface area (Å²) in [6.07, 6.45) is 0. The second-order valence-electron chi connectivity index (χ2n) is 4.25. The van der Waals surface area contributed by atoms with Crippen LogP contribution in [-0.2, 0) is 0 Å². The molecule has 0 unspecified atom stereocenters. The highest BCUT2D eigenvalue weighted by molar-refractivity contribution is 7.12. The molecule has 2 aromatic carbocycles. The van der Waals surface area contributed by atoms with E-state index in [0.29, 0.717) is 0 Å². The van der Waals surface area contributed by atoms with Crippen LogP contribution >= 0.6 is 11.3 Å². The van der Waals surface area contributed by atoms with E-state index in [1.807, 2.05) is 53.9 Å². The van der Waals surface area contributed by atoms with Crippen molar-refractivity contribution in [2.45, 2.75) is 0 Å². The summed E-state index contributed by atoms with van der Waals surface area (Å²) in [4.78, 5) is 0. The van der Waals surface area contributed by atoms with Crippen LogP contribution in [0.3, 0.4) is 0 Å². The number of hydrogen-bond acceptors (Lipinski definition) is 2. The Balaban J connectivity index is 1.96. The van der Waals surface area contributed by atoms with Crippen molar-refractivity contribution in [3.8, 4) is 5.06 Å². The molecule has 0 amide bonds. The second kappa shape index (κ2) is 5.76. The first kappa shape index (κ1) is 12.1. The van der Waals surface area contributed by atoms with Gasteiger partial charge in [-0.1, -0.05) is 60.7 Å². The van der Waals surface area contributed by atoms with Crippen molar-refractivity contribution in [3.05, 3.63) is 78.2 Å². The fourth-order valence-electron chi connectivity index (χ4n) is 2.03. The molecule has 0 fully saturated rings. The van der Waals surface area contributed by atoms with Gasteiger partial charge in [-0.2, -0.15) is 0 Å². The van der Waals surface area contributed by atoms with E-state index in [0.717, 1.165) is 5.06 Å². The Morgan fingerprint density at radius 1 is 0.684 bits per heavy atom. The molecule has 0 bridgehead atoms. The lowest BCUT2D eigenvalue weighted by atomic mass is 9.55. The van der Waals surface area contributed by atoms with Crippen molar-refractivity contribution < 1.29 is 4.65 Å². The monoisotopic (exact) mass is 264 g/mol. The molecule has 3 rings (SSSR count). The first-order valence-electron chi connectivity index (χ1n) is 6.23. The summed E-state index contributed by atoms with van der Waals surface area (Å²) in [5, 5.41) is 2.97. The van der Waals surface area contributed by atoms with Crippen molar-refractivity contribution in [1.82, 2.24) is 0 Å². The van der Waals surface area contributed by atoms with Gasteiger partial charge in [0, 0.05) is 0 Å². The van der Waals surface area contributed by atoms with E-state index in [1.54, 1.807) is 11.3 Å². The molecule has 92 valence electrons. The molecular formula is C16H13BOS. The van der Waals surface area contributed by atoms with Crippen molar-refractivity contribution in [2.24, 2.45) is 0 Å². The van der Waals surface area contributed by atoms with E-state index in [-0.39, 0.29) is 6.92 Å². The van der Waals surface area contributed by atoms with Crippen LogP contribution in [0.4, 0.5) is 0 Å². The van der Waals surface area contributed by atoms with Crippen molar-refractivity contribution in [1.29, 1.82) is 0 Å². The zero-order valence-electron chi connectivity index (χ0n) is 10.4. The summed E-state index contributed by atoms with van der Waals surface area (Å²) < 4.78 is 6.15. The van der Waals surface area contributed by atoms with Gasteiger partial charge in [0.1, 0.15) is 0 Å². The summed E-state index contributed by atoms with van der Waals surface area (Å²) in [5.74, 6) is 0. The highest BCUT2D eigenvalue weighted by Gasteiger charge is 2.23. The predicted octanol–water partition coefficient (Wildman–Crippen LogP) is 2.93. The normalized spacial score (nSPS) is 10.1. The Hall–Kier alpha value is -2.00. The van der Waals surface area contributed by atoms with E-state index in [9.17, 15) is 0 Å². The summed E-state index contributed by atoms with van der Waals surface area (Å²) in [7, 11) is 0. The molecule has 0 spiro atoms. The predicted molar refractivity (Wildman–Crippen MR) is 82.9 cm³/mol. The van der Waals surface area contributed by atoms with Crippen molar-refractivity contribution in [2.75, 3.05) is 0 Å². The van der Waals surface area contributed by atoms with Gasteiger partial charge in [-0.3, -0.25) is 0 Å². The largest absolute Gasteiger partial charge is 0.544 e. The first-order chi connectivity index (χ1) is 9.43. The van der Waals surface area contributed by atoms with Gasteiger partial charge in [0.05, 0.1) is 0 Å². The number of benzene rings is 2. The molecule has 0 aliphatic carbocycles. The molecule has 0 saturated carbocycles. The van der Waals surface area contributed by atoms with Gasteiger partial charge in [0.2, 0.25) is 0 Å². The highest BCUT2D eigenvalue weighted by Crippen LogP contribution is 2.18. The third-order valence-corrected chi connectivity index (χ3v) is 3.69. The lowest BCUT2D eigenvalue weighted by Crippen LogP contribution is -2.47. The third-order valence-electron chi connectivity index (χ3n) is 2.93. The van der Waals surface area contributed by atoms with Crippen LogP contribution < -0.4 is 15.6 Å². The number of rotatable bonds is 4. The Labute approximate surface area is 117 Å². The minimum absolute atomic E-state index is 0.0546. The number of hydrogen-bond donors (Lipinski definition) is 0. The van der Waals surface area contributed by atoms with Gasteiger partial charge < -0.3 is 4.65 Å². The van der Waals surface area contributed by atoms with Gasteiger partial charge in [0.25, 0.3) is 0 Å². The van der Waals surface area contributed by atoms with E-state index < -0.39 is 0 Å². The maximum Gasteiger partial charge on any atom is 0.427 e. The molecule has 0 aliphatic heterocycles. The lowest BCUT2D eigenvalue weighted by Gasteiger charge is -2.15. The van der Waals surface area contributed by atoms with E-state index >= 15 is 0 Å². The molecule has 3 aromatic rings.